The summed E-state index contributed by atoms with van der Waals surface area (Å²) in [6.07, 6.45) is 3.12. The maximum Gasteiger partial charge on any atom is 0.0829 e. The molecule has 0 spiro atoms. The van der Waals surface area contributed by atoms with Gasteiger partial charge in [0.25, 0.3) is 0 Å². The molecule has 104 valence electrons. The highest BCUT2D eigenvalue weighted by Gasteiger charge is 2.23. The Kier molecular flexibility index (Phi) is 4.49. The molecule has 0 radical (unpaired) electrons. The van der Waals surface area contributed by atoms with Crippen LogP contribution in [0.25, 0.3) is 0 Å². The van der Waals surface area contributed by atoms with Gasteiger partial charge in [0.15, 0.2) is 0 Å². The van der Waals surface area contributed by atoms with Crippen molar-refractivity contribution in [2.45, 2.75) is 25.5 Å². The molecule has 0 saturated carbocycles. The second kappa shape index (κ2) is 6.51. The molecule has 0 N–H and O–H groups in total. The molecule has 0 aromatic heterocycles. The average molecular weight is 260 g/mol. The Labute approximate surface area is 116 Å². The van der Waals surface area contributed by atoms with Crippen molar-refractivity contribution < 1.29 is 4.74 Å². The van der Waals surface area contributed by atoms with Crippen LogP contribution in [0.5, 0.6) is 0 Å². The Balaban J connectivity index is 1.50. The first-order valence-corrected chi connectivity index (χ1v) is 7.50. The molecule has 0 amide bonds. The minimum Gasteiger partial charge on any atom is -0.374 e. The highest BCUT2D eigenvalue weighted by molar-refractivity contribution is 5.14. The average Bonchev–Trinajstić information content (AvgIpc) is 2.93. The van der Waals surface area contributed by atoms with E-state index in [0.29, 0.717) is 6.10 Å². The molecule has 1 aromatic rings. The fourth-order valence-corrected chi connectivity index (χ4v) is 3.13. The van der Waals surface area contributed by atoms with E-state index in [1.807, 2.05) is 0 Å². The predicted octanol–water partition coefficient (Wildman–Crippen LogP) is 1.98. The van der Waals surface area contributed by atoms with Crippen LogP contribution in [0, 0.1) is 0 Å². The van der Waals surface area contributed by atoms with Gasteiger partial charge in [0, 0.05) is 26.2 Å². The first-order valence-electron chi connectivity index (χ1n) is 7.50. The Hall–Kier alpha value is -0.900. The minimum absolute atomic E-state index is 0.399. The predicted molar refractivity (Wildman–Crippen MR) is 77.1 cm³/mol. The molecule has 0 unspecified atom stereocenters. The Morgan fingerprint density at radius 3 is 2.58 bits per heavy atom. The number of morpholine rings is 1. The number of benzene rings is 1. The molecular weight excluding hydrogens is 236 g/mol. The molecule has 0 aliphatic carbocycles. The van der Waals surface area contributed by atoms with E-state index in [0.717, 1.165) is 32.8 Å². The number of rotatable bonds is 4. The van der Waals surface area contributed by atoms with Crippen LogP contribution >= 0.6 is 0 Å². The Bertz CT molecular complexity index is 376. The van der Waals surface area contributed by atoms with E-state index in [9.17, 15) is 0 Å². The van der Waals surface area contributed by atoms with Crippen molar-refractivity contribution in [2.75, 3.05) is 39.3 Å². The van der Waals surface area contributed by atoms with Crippen LogP contribution in [0.1, 0.15) is 18.4 Å². The zero-order chi connectivity index (χ0) is 12.9. The molecule has 2 saturated heterocycles. The summed E-state index contributed by atoms with van der Waals surface area (Å²) < 4.78 is 5.92. The van der Waals surface area contributed by atoms with Crippen molar-refractivity contribution in [3.63, 3.8) is 0 Å². The lowest BCUT2D eigenvalue weighted by Crippen LogP contribution is -2.46. The molecule has 2 fully saturated rings. The Morgan fingerprint density at radius 2 is 1.79 bits per heavy atom. The topological polar surface area (TPSA) is 15.7 Å². The van der Waals surface area contributed by atoms with E-state index in [4.69, 9.17) is 4.74 Å². The second-order valence-corrected chi connectivity index (χ2v) is 5.72. The monoisotopic (exact) mass is 260 g/mol. The third-order valence-electron chi connectivity index (χ3n) is 4.13. The van der Waals surface area contributed by atoms with Gasteiger partial charge in [-0.15, -0.1) is 0 Å². The van der Waals surface area contributed by atoms with Crippen LogP contribution < -0.4 is 0 Å². The van der Waals surface area contributed by atoms with Gasteiger partial charge in [0.2, 0.25) is 0 Å². The lowest BCUT2D eigenvalue weighted by molar-refractivity contribution is -0.0433. The lowest BCUT2D eigenvalue weighted by atomic mass is 10.2. The van der Waals surface area contributed by atoms with E-state index in [2.05, 4.69) is 40.1 Å². The summed E-state index contributed by atoms with van der Waals surface area (Å²) >= 11 is 0. The smallest absolute Gasteiger partial charge is 0.0829 e. The van der Waals surface area contributed by atoms with Crippen molar-refractivity contribution in [3.05, 3.63) is 35.9 Å². The normalized spacial score (nSPS) is 25.8. The first kappa shape index (κ1) is 13.1. The fourth-order valence-electron chi connectivity index (χ4n) is 3.13. The number of hydrogen-bond donors (Lipinski definition) is 0. The van der Waals surface area contributed by atoms with E-state index >= 15 is 0 Å². The number of hydrogen-bond acceptors (Lipinski definition) is 3. The van der Waals surface area contributed by atoms with Gasteiger partial charge in [-0.25, -0.2) is 0 Å². The number of likely N-dealkylation sites (tertiary alicyclic amines) is 1. The fraction of sp³-hybridized carbons (Fsp3) is 0.625. The van der Waals surface area contributed by atoms with E-state index in [-0.39, 0.29) is 0 Å². The molecule has 3 rings (SSSR count). The van der Waals surface area contributed by atoms with E-state index < -0.39 is 0 Å². The van der Waals surface area contributed by atoms with Crippen LogP contribution in [0.4, 0.5) is 0 Å². The molecular formula is C16H24N2O. The third-order valence-corrected chi connectivity index (χ3v) is 4.13. The number of ether oxygens (including phenoxy) is 1. The van der Waals surface area contributed by atoms with Crippen molar-refractivity contribution in [3.8, 4) is 0 Å². The maximum atomic E-state index is 5.92. The Morgan fingerprint density at radius 1 is 1.00 bits per heavy atom. The summed E-state index contributed by atoms with van der Waals surface area (Å²) in [5.74, 6) is 0. The number of nitrogens with zero attached hydrogens (tertiary/aromatic N) is 2. The zero-order valence-electron chi connectivity index (χ0n) is 11.6. The van der Waals surface area contributed by atoms with Gasteiger partial charge in [-0.3, -0.25) is 4.90 Å². The second-order valence-electron chi connectivity index (χ2n) is 5.72. The van der Waals surface area contributed by atoms with Crippen LogP contribution in [0.3, 0.4) is 0 Å². The van der Waals surface area contributed by atoms with Gasteiger partial charge in [0.05, 0.1) is 12.7 Å². The first-order chi connectivity index (χ1) is 9.40. The van der Waals surface area contributed by atoms with Gasteiger partial charge in [-0.05, 0) is 31.5 Å². The molecule has 3 heteroatoms. The van der Waals surface area contributed by atoms with Gasteiger partial charge < -0.3 is 9.64 Å². The van der Waals surface area contributed by atoms with Gasteiger partial charge in [-0.2, -0.15) is 0 Å². The quantitative estimate of drug-likeness (QED) is 0.823. The minimum atomic E-state index is 0.399. The maximum absolute atomic E-state index is 5.92. The molecule has 1 aromatic carbocycles. The standard InChI is InChI=1S/C16H24N2O/c1-2-6-15(7-3-1)12-18-10-11-19-16(14-18)13-17-8-4-5-9-17/h1-3,6-7,16H,4-5,8-14H2/t16-/m0/s1. The van der Waals surface area contributed by atoms with Gasteiger partial charge in [-0.1, -0.05) is 30.3 Å². The van der Waals surface area contributed by atoms with Crippen molar-refractivity contribution >= 4 is 0 Å². The highest BCUT2D eigenvalue weighted by atomic mass is 16.5. The summed E-state index contributed by atoms with van der Waals surface area (Å²) in [5, 5.41) is 0. The summed E-state index contributed by atoms with van der Waals surface area (Å²) in [7, 11) is 0. The summed E-state index contributed by atoms with van der Waals surface area (Å²) in [6, 6.07) is 10.8. The largest absolute Gasteiger partial charge is 0.374 e. The van der Waals surface area contributed by atoms with Crippen molar-refractivity contribution in [1.29, 1.82) is 0 Å². The molecule has 3 nitrogen and oxygen atoms in total. The van der Waals surface area contributed by atoms with Gasteiger partial charge in [0.1, 0.15) is 0 Å². The van der Waals surface area contributed by atoms with Crippen LogP contribution in [-0.4, -0.2) is 55.2 Å². The molecule has 19 heavy (non-hydrogen) atoms. The molecule has 0 bridgehead atoms. The van der Waals surface area contributed by atoms with E-state index in [1.54, 1.807) is 0 Å². The molecule has 1 atom stereocenters. The SMILES string of the molecule is c1ccc(CN2CCO[C@@H](CN3CCCC3)C2)cc1. The summed E-state index contributed by atoms with van der Waals surface area (Å²) in [6.45, 7) is 7.71. The van der Waals surface area contributed by atoms with Crippen LogP contribution in [-0.2, 0) is 11.3 Å². The lowest BCUT2D eigenvalue weighted by Gasteiger charge is -2.34. The van der Waals surface area contributed by atoms with Crippen molar-refractivity contribution in [2.24, 2.45) is 0 Å². The van der Waals surface area contributed by atoms with E-state index in [1.165, 1.54) is 31.5 Å². The van der Waals surface area contributed by atoms with Crippen molar-refractivity contribution in [1.82, 2.24) is 9.80 Å². The van der Waals surface area contributed by atoms with Crippen LogP contribution in [0.2, 0.25) is 0 Å². The third kappa shape index (κ3) is 3.78. The zero-order valence-corrected chi connectivity index (χ0v) is 11.6. The summed E-state index contributed by atoms with van der Waals surface area (Å²) in [4.78, 5) is 5.08. The van der Waals surface area contributed by atoms with Gasteiger partial charge >= 0.3 is 0 Å². The molecule has 2 aliphatic heterocycles. The summed E-state index contributed by atoms with van der Waals surface area (Å²) in [5.41, 5.74) is 1.41. The highest BCUT2D eigenvalue weighted by Crippen LogP contribution is 2.14. The molecule has 2 heterocycles. The van der Waals surface area contributed by atoms with Crippen LogP contribution in [0.15, 0.2) is 30.3 Å². The molecule has 2 aliphatic rings.